The summed E-state index contributed by atoms with van der Waals surface area (Å²) in [6.45, 7) is 4.05. The third-order valence-corrected chi connectivity index (χ3v) is 4.70. The molecule has 1 spiro atoms. The van der Waals surface area contributed by atoms with Gasteiger partial charge in [-0.15, -0.1) is 0 Å². The molecule has 2 aliphatic rings. The maximum atomic E-state index is 12.8. The Morgan fingerprint density at radius 2 is 1.80 bits per heavy atom. The Morgan fingerprint density at radius 1 is 1.10 bits per heavy atom. The first-order valence-electron chi connectivity index (χ1n) is 7.23. The molecule has 1 aromatic carbocycles. The van der Waals surface area contributed by atoms with Crippen LogP contribution in [0.25, 0.3) is 0 Å². The van der Waals surface area contributed by atoms with Crippen molar-refractivity contribution in [1.29, 1.82) is 0 Å². The maximum Gasteiger partial charge on any atom is 0.252 e. The molecule has 1 saturated carbocycles. The Bertz CT molecular complexity index is 574. The van der Waals surface area contributed by atoms with Crippen LogP contribution in [0.15, 0.2) is 18.2 Å². The van der Waals surface area contributed by atoms with E-state index in [-0.39, 0.29) is 11.8 Å². The van der Waals surface area contributed by atoms with Crippen LogP contribution in [0.1, 0.15) is 43.2 Å². The van der Waals surface area contributed by atoms with Crippen molar-refractivity contribution >= 4 is 17.5 Å². The van der Waals surface area contributed by atoms with Gasteiger partial charge in [0.05, 0.1) is 11.1 Å². The molecule has 0 radical (unpaired) electrons. The molecule has 2 fully saturated rings. The first kappa shape index (κ1) is 13.2. The van der Waals surface area contributed by atoms with Gasteiger partial charge in [0.1, 0.15) is 0 Å². The van der Waals surface area contributed by atoms with E-state index in [1.54, 1.807) is 0 Å². The molecule has 1 saturated heterocycles. The van der Waals surface area contributed by atoms with Crippen molar-refractivity contribution in [3.63, 3.8) is 0 Å². The lowest BCUT2D eigenvalue weighted by Gasteiger charge is -2.39. The third-order valence-electron chi connectivity index (χ3n) is 4.70. The zero-order chi connectivity index (χ0) is 14.3. The van der Waals surface area contributed by atoms with Crippen molar-refractivity contribution in [2.45, 2.75) is 46.0 Å². The number of hydrazine groups is 1. The second kappa shape index (κ2) is 4.62. The first-order valence-corrected chi connectivity index (χ1v) is 7.23. The molecule has 3 rings (SSSR count). The average molecular weight is 272 g/mol. The third kappa shape index (κ3) is 1.99. The molecule has 106 valence electrons. The van der Waals surface area contributed by atoms with E-state index in [1.165, 1.54) is 10.6 Å². The highest BCUT2D eigenvalue weighted by Gasteiger charge is 2.49. The van der Waals surface area contributed by atoms with Crippen LogP contribution in [0.3, 0.4) is 0 Å². The molecule has 1 N–H and O–H groups in total. The standard InChI is InChI=1S/C16H20N2O2/c1-11-5-6-13(9-12(11)2)18-15(20)16(7-3-4-8-16)10-14(19)17-18/h5-6,9H,3-4,7-8,10H2,1-2H3,(H,17,19). The fraction of sp³-hybridized carbons (Fsp3) is 0.500. The van der Waals surface area contributed by atoms with E-state index in [0.29, 0.717) is 6.42 Å². The Balaban J connectivity index is 1.97. The minimum Gasteiger partial charge on any atom is -0.273 e. The number of anilines is 1. The molecule has 0 unspecified atom stereocenters. The van der Waals surface area contributed by atoms with Crippen LogP contribution < -0.4 is 10.4 Å². The van der Waals surface area contributed by atoms with Crippen LogP contribution >= 0.6 is 0 Å². The predicted molar refractivity (Wildman–Crippen MR) is 77.1 cm³/mol. The highest BCUT2D eigenvalue weighted by molar-refractivity contribution is 6.05. The molecular weight excluding hydrogens is 252 g/mol. The van der Waals surface area contributed by atoms with Gasteiger partial charge in [0, 0.05) is 6.42 Å². The molecule has 1 aromatic rings. The highest BCUT2D eigenvalue weighted by atomic mass is 16.2. The Labute approximate surface area is 119 Å². The summed E-state index contributed by atoms with van der Waals surface area (Å²) in [6.07, 6.45) is 4.09. The van der Waals surface area contributed by atoms with E-state index < -0.39 is 5.41 Å². The molecule has 20 heavy (non-hydrogen) atoms. The largest absolute Gasteiger partial charge is 0.273 e. The van der Waals surface area contributed by atoms with Crippen LogP contribution in [-0.4, -0.2) is 11.8 Å². The minimum absolute atomic E-state index is 0.0512. The number of hydrogen-bond donors (Lipinski definition) is 1. The molecule has 1 aliphatic heterocycles. The van der Waals surface area contributed by atoms with E-state index >= 15 is 0 Å². The monoisotopic (exact) mass is 272 g/mol. The van der Waals surface area contributed by atoms with Crippen LogP contribution in [0.5, 0.6) is 0 Å². The van der Waals surface area contributed by atoms with Crippen LogP contribution in [-0.2, 0) is 9.59 Å². The number of rotatable bonds is 1. The Kier molecular flexibility index (Phi) is 3.04. The van der Waals surface area contributed by atoms with E-state index in [0.717, 1.165) is 36.9 Å². The molecule has 2 amide bonds. The minimum atomic E-state index is -0.457. The molecule has 1 aliphatic carbocycles. The van der Waals surface area contributed by atoms with Gasteiger partial charge >= 0.3 is 0 Å². The Morgan fingerprint density at radius 3 is 2.45 bits per heavy atom. The smallest absolute Gasteiger partial charge is 0.252 e. The molecule has 0 bridgehead atoms. The summed E-state index contributed by atoms with van der Waals surface area (Å²) >= 11 is 0. The van der Waals surface area contributed by atoms with Gasteiger partial charge in [-0.2, -0.15) is 0 Å². The number of hydrogen-bond acceptors (Lipinski definition) is 2. The predicted octanol–water partition coefficient (Wildman–Crippen LogP) is 2.63. The van der Waals surface area contributed by atoms with Gasteiger partial charge in [-0.1, -0.05) is 18.9 Å². The number of nitrogens with one attached hydrogen (secondary N) is 1. The Hall–Kier alpha value is -1.84. The summed E-state index contributed by atoms with van der Waals surface area (Å²) in [5.41, 5.74) is 5.33. The molecule has 0 aromatic heterocycles. The summed E-state index contributed by atoms with van der Waals surface area (Å²) in [5.74, 6) is 0.00239. The van der Waals surface area contributed by atoms with Gasteiger partial charge < -0.3 is 0 Å². The van der Waals surface area contributed by atoms with Crippen molar-refractivity contribution in [2.24, 2.45) is 5.41 Å². The van der Waals surface area contributed by atoms with E-state index in [2.05, 4.69) is 5.43 Å². The molecule has 1 heterocycles. The van der Waals surface area contributed by atoms with Gasteiger partial charge in [0.2, 0.25) is 5.91 Å². The first-order chi connectivity index (χ1) is 9.52. The number of nitrogens with zero attached hydrogens (tertiary/aromatic N) is 1. The second-order valence-corrected chi connectivity index (χ2v) is 6.11. The van der Waals surface area contributed by atoms with Gasteiger partial charge in [0.15, 0.2) is 0 Å². The van der Waals surface area contributed by atoms with Crippen molar-refractivity contribution in [1.82, 2.24) is 5.43 Å². The number of amides is 2. The topological polar surface area (TPSA) is 49.4 Å². The van der Waals surface area contributed by atoms with Crippen LogP contribution in [0.4, 0.5) is 5.69 Å². The van der Waals surface area contributed by atoms with Gasteiger partial charge in [-0.25, -0.2) is 5.01 Å². The number of aryl methyl sites for hydroxylation is 2. The van der Waals surface area contributed by atoms with Gasteiger partial charge in [-0.3, -0.25) is 15.0 Å². The zero-order valence-electron chi connectivity index (χ0n) is 12.0. The van der Waals surface area contributed by atoms with E-state index in [1.807, 2.05) is 32.0 Å². The normalized spacial score (nSPS) is 21.4. The lowest BCUT2D eigenvalue weighted by molar-refractivity contribution is -0.140. The van der Waals surface area contributed by atoms with Gasteiger partial charge in [0.25, 0.3) is 5.91 Å². The lowest BCUT2D eigenvalue weighted by Crippen LogP contribution is -2.59. The summed E-state index contributed by atoms with van der Waals surface area (Å²) in [4.78, 5) is 24.8. The van der Waals surface area contributed by atoms with Crippen molar-refractivity contribution in [2.75, 3.05) is 5.01 Å². The number of benzene rings is 1. The fourth-order valence-electron chi connectivity index (χ4n) is 3.32. The highest BCUT2D eigenvalue weighted by Crippen LogP contribution is 2.44. The molecule has 0 atom stereocenters. The number of carbonyl (C=O) groups is 2. The lowest BCUT2D eigenvalue weighted by atomic mass is 9.80. The van der Waals surface area contributed by atoms with Crippen molar-refractivity contribution in [3.05, 3.63) is 29.3 Å². The number of carbonyl (C=O) groups excluding carboxylic acids is 2. The van der Waals surface area contributed by atoms with Crippen LogP contribution in [0.2, 0.25) is 0 Å². The molecule has 4 heteroatoms. The summed E-state index contributed by atoms with van der Waals surface area (Å²) in [6, 6.07) is 5.84. The van der Waals surface area contributed by atoms with E-state index in [4.69, 9.17) is 0 Å². The average Bonchev–Trinajstić information content (AvgIpc) is 2.86. The summed E-state index contributed by atoms with van der Waals surface area (Å²) in [7, 11) is 0. The van der Waals surface area contributed by atoms with Gasteiger partial charge in [-0.05, 0) is 49.9 Å². The van der Waals surface area contributed by atoms with E-state index in [9.17, 15) is 9.59 Å². The maximum absolute atomic E-state index is 12.8. The summed E-state index contributed by atoms with van der Waals surface area (Å²) in [5, 5.41) is 1.46. The summed E-state index contributed by atoms with van der Waals surface area (Å²) < 4.78 is 0. The second-order valence-electron chi connectivity index (χ2n) is 6.11. The molecular formula is C16H20N2O2. The zero-order valence-corrected chi connectivity index (χ0v) is 12.0. The van der Waals surface area contributed by atoms with Crippen LogP contribution in [0, 0.1) is 19.3 Å². The quantitative estimate of drug-likeness (QED) is 0.854. The SMILES string of the molecule is Cc1ccc(N2NC(=O)CC3(CCCC3)C2=O)cc1C. The fourth-order valence-corrected chi connectivity index (χ4v) is 3.32. The molecule has 4 nitrogen and oxygen atoms in total. The van der Waals surface area contributed by atoms with Crippen molar-refractivity contribution < 1.29 is 9.59 Å². The van der Waals surface area contributed by atoms with Crippen molar-refractivity contribution in [3.8, 4) is 0 Å².